The normalized spacial score (nSPS) is 12.6. The summed E-state index contributed by atoms with van der Waals surface area (Å²) in [4.78, 5) is 45.2. The van der Waals surface area contributed by atoms with E-state index in [0.717, 1.165) is 0 Å². The van der Waals surface area contributed by atoms with Crippen LogP contribution in [0.15, 0.2) is 9.59 Å². The number of nitrogens with zero attached hydrogens (tertiary/aromatic N) is 1. The Morgan fingerprint density at radius 2 is 2.06 bits per heavy atom. The summed E-state index contributed by atoms with van der Waals surface area (Å²) in [6, 6.07) is 0. The maximum absolute atomic E-state index is 11.5. The maximum Gasteiger partial charge on any atom is 0.327 e. The highest BCUT2D eigenvalue weighted by Crippen LogP contribution is 2.14. The monoisotopic (exact) mass is 252 g/mol. The topological polar surface area (TPSA) is 121 Å². The number of carbonyl (C=O) groups excluding carboxylic acids is 1. The molecule has 0 saturated carbocycles. The molecule has 0 aliphatic carbocycles. The second kappa shape index (κ2) is 4.47. The summed E-state index contributed by atoms with van der Waals surface area (Å²) in [6.07, 6.45) is 0. The summed E-state index contributed by atoms with van der Waals surface area (Å²) >= 11 is 0. The zero-order valence-electron chi connectivity index (χ0n) is 9.86. The molecule has 0 radical (unpaired) electrons. The molecule has 1 unspecified atom stereocenters. The minimum Gasteiger partial charge on any atom is -0.465 e. The summed E-state index contributed by atoms with van der Waals surface area (Å²) in [5.74, 6) is -0.814. The van der Waals surface area contributed by atoms with E-state index in [1.54, 1.807) is 13.8 Å². The Morgan fingerprint density at radius 1 is 1.33 bits per heavy atom. The zero-order valence-corrected chi connectivity index (χ0v) is 9.86. The van der Waals surface area contributed by atoms with Crippen LogP contribution >= 0.6 is 0 Å². The first-order valence-corrected chi connectivity index (χ1v) is 5.41. The van der Waals surface area contributed by atoms with Gasteiger partial charge in [-0.2, -0.15) is 0 Å². The van der Waals surface area contributed by atoms with Crippen LogP contribution in [0.5, 0.6) is 0 Å². The van der Waals surface area contributed by atoms with Crippen molar-refractivity contribution in [2.24, 2.45) is 0 Å². The van der Waals surface area contributed by atoms with Gasteiger partial charge in [-0.05, 0) is 13.8 Å². The highest BCUT2D eigenvalue weighted by molar-refractivity contribution is 5.78. The van der Waals surface area contributed by atoms with Gasteiger partial charge in [0.05, 0.1) is 6.61 Å². The van der Waals surface area contributed by atoms with Gasteiger partial charge in [-0.3, -0.25) is 19.6 Å². The van der Waals surface area contributed by atoms with Crippen molar-refractivity contribution in [2.75, 3.05) is 6.61 Å². The lowest BCUT2D eigenvalue weighted by molar-refractivity contribution is -0.144. The van der Waals surface area contributed by atoms with Crippen molar-refractivity contribution in [3.63, 3.8) is 0 Å². The summed E-state index contributed by atoms with van der Waals surface area (Å²) in [7, 11) is 0. The van der Waals surface area contributed by atoms with Gasteiger partial charge in [0.25, 0.3) is 5.56 Å². The average molecular weight is 252 g/mol. The number of hydrogen-bond donors (Lipinski definition) is 3. The van der Waals surface area contributed by atoms with Crippen molar-refractivity contribution in [3.05, 3.63) is 26.7 Å². The van der Waals surface area contributed by atoms with Crippen molar-refractivity contribution in [2.45, 2.75) is 19.8 Å². The molecule has 0 aliphatic heterocycles. The van der Waals surface area contributed by atoms with Crippen molar-refractivity contribution < 1.29 is 9.53 Å². The third-order valence-corrected chi connectivity index (χ3v) is 2.46. The molecule has 2 rings (SSSR count). The maximum atomic E-state index is 11.5. The SMILES string of the molecule is CCOC(=O)C(C)c1nc2[nH]c(=O)[nH]c(=O)c2[nH]1. The van der Waals surface area contributed by atoms with Crippen LogP contribution in [0, 0.1) is 0 Å². The molecule has 2 aromatic heterocycles. The van der Waals surface area contributed by atoms with Crippen LogP contribution in [0.1, 0.15) is 25.6 Å². The van der Waals surface area contributed by atoms with Gasteiger partial charge in [-0.25, -0.2) is 9.78 Å². The number of aromatic amines is 3. The quantitative estimate of drug-likeness (QED) is 0.642. The van der Waals surface area contributed by atoms with E-state index in [2.05, 4.69) is 19.9 Å². The van der Waals surface area contributed by atoms with Gasteiger partial charge in [0.2, 0.25) is 0 Å². The molecule has 8 nitrogen and oxygen atoms in total. The van der Waals surface area contributed by atoms with E-state index in [9.17, 15) is 14.4 Å². The highest BCUT2D eigenvalue weighted by atomic mass is 16.5. The fourth-order valence-electron chi connectivity index (χ4n) is 1.53. The summed E-state index contributed by atoms with van der Waals surface area (Å²) in [5.41, 5.74) is -0.978. The number of fused-ring (bicyclic) bond motifs is 1. The number of imidazole rings is 1. The van der Waals surface area contributed by atoms with Gasteiger partial charge in [-0.1, -0.05) is 0 Å². The number of ether oxygens (including phenoxy) is 1. The Hall–Kier alpha value is -2.38. The molecule has 0 saturated heterocycles. The molecule has 3 N–H and O–H groups in total. The minimum absolute atomic E-state index is 0.120. The van der Waals surface area contributed by atoms with E-state index in [4.69, 9.17) is 4.74 Å². The number of aromatic nitrogens is 4. The molecule has 0 amide bonds. The molecule has 0 aliphatic rings. The van der Waals surface area contributed by atoms with Gasteiger partial charge in [0, 0.05) is 0 Å². The van der Waals surface area contributed by atoms with E-state index in [-0.39, 0.29) is 23.6 Å². The lowest BCUT2D eigenvalue weighted by Crippen LogP contribution is -2.21. The average Bonchev–Trinajstić information content (AvgIpc) is 2.72. The fraction of sp³-hybridized carbons (Fsp3) is 0.400. The van der Waals surface area contributed by atoms with Crippen LogP contribution in [0.25, 0.3) is 11.2 Å². The largest absolute Gasteiger partial charge is 0.465 e. The van der Waals surface area contributed by atoms with E-state index < -0.39 is 23.1 Å². The van der Waals surface area contributed by atoms with E-state index in [0.29, 0.717) is 0 Å². The lowest BCUT2D eigenvalue weighted by Gasteiger charge is -2.06. The summed E-state index contributed by atoms with van der Waals surface area (Å²) in [6.45, 7) is 3.56. The Labute approximate surface area is 100 Å². The lowest BCUT2D eigenvalue weighted by atomic mass is 10.2. The predicted octanol–water partition coefficient (Wildman–Crippen LogP) is -0.394. The predicted molar refractivity (Wildman–Crippen MR) is 62.4 cm³/mol. The molecule has 1 atom stereocenters. The highest BCUT2D eigenvalue weighted by Gasteiger charge is 2.21. The van der Waals surface area contributed by atoms with Crippen LogP contribution in [-0.4, -0.2) is 32.5 Å². The second-order valence-electron chi connectivity index (χ2n) is 3.73. The standard InChI is InChI=1S/C10H12N4O4/c1-3-18-9(16)4(2)6-11-5-7(12-6)13-10(17)14-8(5)15/h4H,3H2,1-2H3,(H3,11,12,13,14,15,17). The molecular weight excluding hydrogens is 240 g/mol. The van der Waals surface area contributed by atoms with Gasteiger partial charge in [0.1, 0.15) is 17.3 Å². The first kappa shape index (κ1) is 12.1. The Bertz CT molecular complexity index is 696. The molecule has 96 valence electrons. The minimum atomic E-state index is -0.644. The number of nitrogens with one attached hydrogen (secondary N) is 3. The van der Waals surface area contributed by atoms with Crippen LogP contribution < -0.4 is 11.2 Å². The van der Waals surface area contributed by atoms with E-state index in [1.807, 2.05) is 0 Å². The Morgan fingerprint density at radius 3 is 2.72 bits per heavy atom. The van der Waals surface area contributed by atoms with Crippen molar-refractivity contribution in [1.82, 2.24) is 19.9 Å². The molecule has 0 fully saturated rings. The van der Waals surface area contributed by atoms with Crippen LogP contribution in [0.3, 0.4) is 0 Å². The molecule has 18 heavy (non-hydrogen) atoms. The molecule has 2 aromatic rings. The number of rotatable bonds is 3. The Kier molecular flexibility index (Phi) is 3.00. The summed E-state index contributed by atoms with van der Waals surface area (Å²) in [5, 5.41) is 0. The van der Waals surface area contributed by atoms with Gasteiger partial charge in [0.15, 0.2) is 5.65 Å². The number of hydrogen-bond acceptors (Lipinski definition) is 5. The number of H-pyrrole nitrogens is 3. The Balaban J connectivity index is 2.48. The second-order valence-corrected chi connectivity index (χ2v) is 3.73. The zero-order chi connectivity index (χ0) is 13.3. The first-order valence-electron chi connectivity index (χ1n) is 5.41. The third kappa shape index (κ3) is 2.04. The smallest absolute Gasteiger partial charge is 0.327 e. The molecule has 8 heteroatoms. The molecule has 0 bridgehead atoms. The van der Waals surface area contributed by atoms with E-state index in [1.165, 1.54) is 0 Å². The third-order valence-electron chi connectivity index (χ3n) is 2.46. The molecule has 0 spiro atoms. The molecule has 0 aromatic carbocycles. The van der Waals surface area contributed by atoms with Gasteiger partial charge >= 0.3 is 11.7 Å². The first-order chi connectivity index (χ1) is 8.52. The van der Waals surface area contributed by atoms with E-state index >= 15 is 0 Å². The van der Waals surface area contributed by atoms with Gasteiger partial charge in [-0.15, -0.1) is 0 Å². The summed E-state index contributed by atoms with van der Waals surface area (Å²) < 4.78 is 4.85. The fourth-order valence-corrected chi connectivity index (χ4v) is 1.53. The van der Waals surface area contributed by atoms with Crippen LogP contribution in [0.2, 0.25) is 0 Å². The molecule has 2 heterocycles. The molecular formula is C10H12N4O4. The number of carbonyl (C=O) groups is 1. The van der Waals surface area contributed by atoms with Crippen LogP contribution in [-0.2, 0) is 9.53 Å². The van der Waals surface area contributed by atoms with Crippen molar-refractivity contribution >= 4 is 17.1 Å². The van der Waals surface area contributed by atoms with Crippen LogP contribution in [0.4, 0.5) is 0 Å². The van der Waals surface area contributed by atoms with Crippen molar-refractivity contribution in [1.29, 1.82) is 0 Å². The van der Waals surface area contributed by atoms with Gasteiger partial charge < -0.3 is 9.72 Å². The van der Waals surface area contributed by atoms with Crippen molar-refractivity contribution in [3.8, 4) is 0 Å². The number of esters is 1.